The van der Waals surface area contributed by atoms with Crippen molar-refractivity contribution in [1.82, 2.24) is 18.8 Å². The number of rotatable bonds is 10. The number of unbranched alkanes of at least 4 members (excludes halogenated alkanes) is 1. The van der Waals surface area contributed by atoms with Gasteiger partial charge in [-0.1, -0.05) is 60.7 Å². The number of pyridine rings is 2. The average Bonchev–Trinajstić information content (AvgIpc) is 3.65. The molecule has 0 aliphatic carbocycles. The first kappa shape index (κ1) is 28.0. The number of benzene rings is 2. The van der Waals surface area contributed by atoms with Gasteiger partial charge in [0.15, 0.2) is 12.4 Å². The topological polar surface area (TPSA) is 106 Å². The molecule has 1 saturated heterocycles. The minimum Gasteiger partial charge on any atom is -0.330 e. The number of carbonyl (C=O) groups excluding carboxylic acids is 3. The highest BCUT2D eigenvalue weighted by molar-refractivity contribution is 7.00. The largest absolute Gasteiger partial charge is 0.333 e. The molecule has 10 heteroatoms. The van der Waals surface area contributed by atoms with Crippen molar-refractivity contribution in [3.8, 4) is 22.4 Å². The molecule has 43 heavy (non-hydrogen) atoms. The van der Waals surface area contributed by atoms with Crippen LogP contribution in [0, 0.1) is 0 Å². The summed E-state index contributed by atoms with van der Waals surface area (Å²) in [6.45, 7) is 0.693. The van der Waals surface area contributed by atoms with Crippen LogP contribution in [0.4, 0.5) is 0 Å². The average molecular weight is 591 g/mol. The van der Waals surface area contributed by atoms with Gasteiger partial charge in [0.05, 0.1) is 23.1 Å². The molecule has 0 unspecified atom stereocenters. The molecule has 0 radical (unpaired) electrons. The Morgan fingerprint density at radius 3 is 2.30 bits per heavy atom. The second-order valence-corrected chi connectivity index (χ2v) is 10.7. The maximum Gasteiger partial charge on any atom is 0.333 e. The van der Waals surface area contributed by atoms with Gasteiger partial charge in [-0.25, -0.2) is 14.3 Å². The standard InChI is InChI=1S/C33H28N5O4S/c39-27-18-19-28(40)38(27)42-29(41)15-7-8-20-37-21-9-10-23(22-37)16-17-26-30(24-11-3-1-4-12-24)32-33(36-43-35-32)31(34-26)25-13-5-2-6-14-25/h1-6,9-14,16-17,21-22H,7-8,15,18-20H2/q+1. The lowest BCUT2D eigenvalue weighted by molar-refractivity contribution is -0.697. The zero-order valence-corrected chi connectivity index (χ0v) is 24.1. The smallest absolute Gasteiger partial charge is 0.330 e. The molecule has 9 nitrogen and oxygen atoms in total. The van der Waals surface area contributed by atoms with Crippen LogP contribution in [0.25, 0.3) is 45.6 Å². The van der Waals surface area contributed by atoms with E-state index in [1.807, 2.05) is 85.2 Å². The molecule has 2 amide bonds. The lowest BCUT2D eigenvalue weighted by Gasteiger charge is -2.12. The van der Waals surface area contributed by atoms with E-state index < -0.39 is 17.8 Å². The van der Waals surface area contributed by atoms with E-state index >= 15 is 0 Å². The first-order valence-electron chi connectivity index (χ1n) is 14.1. The van der Waals surface area contributed by atoms with Crippen LogP contribution >= 0.6 is 11.7 Å². The minimum atomic E-state index is -0.575. The summed E-state index contributed by atoms with van der Waals surface area (Å²) < 4.78 is 11.4. The van der Waals surface area contributed by atoms with Crippen LogP contribution in [-0.2, 0) is 25.8 Å². The van der Waals surface area contributed by atoms with Crippen LogP contribution in [0.3, 0.4) is 0 Å². The first-order valence-corrected chi connectivity index (χ1v) is 14.8. The van der Waals surface area contributed by atoms with Gasteiger partial charge in [0.1, 0.15) is 17.6 Å². The molecule has 0 saturated carbocycles. The van der Waals surface area contributed by atoms with Gasteiger partial charge < -0.3 is 4.84 Å². The Balaban J connectivity index is 1.19. The number of hydrogen-bond donors (Lipinski definition) is 0. The van der Waals surface area contributed by atoms with E-state index in [2.05, 4.69) is 25.4 Å². The van der Waals surface area contributed by atoms with Crippen molar-refractivity contribution >= 4 is 52.7 Å². The van der Waals surface area contributed by atoms with E-state index in [0.29, 0.717) is 18.0 Å². The summed E-state index contributed by atoms with van der Waals surface area (Å²) in [5, 5.41) is 0.594. The van der Waals surface area contributed by atoms with Crippen LogP contribution in [0.1, 0.15) is 43.4 Å². The zero-order chi connectivity index (χ0) is 29.6. The van der Waals surface area contributed by atoms with Crippen molar-refractivity contribution in [3.05, 3.63) is 96.4 Å². The van der Waals surface area contributed by atoms with Gasteiger partial charge in [0.25, 0.3) is 11.8 Å². The summed E-state index contributed by atoms with van der Waals surface area (Å²) in [7, 11) is 0. The van der Waals surface area contributed by atoms with Crippen molar-refractivity contribution in [2.75, 3.05) is 0 Å². The third kappa shape index (κ3) is 6.39. The minimum absolute atomic E-state index is 0.0854. The van der Waals surface area contributed by atoms with Gasteiger partial charge in [-0.15, -0.1) is 5.06 Å². The number of aromatic nitrogens is 4. The SMILES string of the molecule is O=C(CCCC[n+]1cccc(C=Cc2nc(-c3ccccc3)c3nsnc3c2-c2ccccc2)c1)ON1C(=O)CCC1=O. The number of carbonyl (C=O) groups is 3. The van der Waals surface area contributed by atoms with E-state index in [-0.39, 0.29) is 19.3 Å². The van der Waals surface area contributed by atoms with E-state index in [0.717, 1.165) is 51.1 Å². The third-order valence-corrected chi connectivity index (χ3v) is 7.64. The summed E-state index contributed by atoms with van der Waals surface area (Å²) in [6.07, 6.45) is 9.66. The van der Waals surface area contributed by atoms with Gasteiger partial charge in [0, 0.05) is 48.4 Å². The Kier molecular flexibility index (Phi) is 8.37. The molecule has 0 N–H and O–H groups in total. The summed E-state index contributed by atoms with van der Waals surface area (Å²) in [4.78, 5) is 45.4. The number of nitrogens with zero attached hydrogens (tertiary/aromatic N) is 5. The lowest BCUT2D eigenvalue weighted by Crippen LogP contribution is -2.33. The molecule has 1 aliphatic rings. The molecular weight excluding hydrogens is 562 g/mol. The number of hydrogen-bond acceptors (Lipinski definition) is 8. The number of fused-ring (bicyclic) bond motifs is 1. The zero-order valence-electron chi connectivity index (χ0n) is 23.3. The summed E-state index contributed by atoms with van der Waals surface area (Å²) >= 11 is 1.19. The second-order valence-electron chi connectivity index (χ2n) is 10.1. The summed E-state index contributed by atoms with van der Waals surface area (Å²) in [6, 6.07) is 24.1. The van der Waals surface area contributed by atoms with E-state index in [4.69, 9.17) is 9.82 Å². The Labute approximate surface area is 252 Å². The van der Waals surface area contributed by atoms with Crippen molar-refractivity contribution < 1.29 is 23.8 Å². The van der Waals surface area contributed by atoms with Crippen LogP contribution in [0.15, 0.2) is 85.2 Å². The molecule has 214 valence electrons. The van der Waals surface area contributed by atoms with E-state index in [1.165, 1.54) is 11.7 Å². The van der Waals surface area contributed by atoms with Crippen molar-refractivity contribution in [1.29, 1.82) is 0 Å². The molecule has 0 atom stereocenters. The fourth-order valence-electron chi connectivity index (χ4n) is 4.99. The van der Waals surface area contributed by atoms with Crippen molar-refractivity contribution in [2.24, 2.45) is 0 Å². The fraction of sp³-hybridized carbons (Fsp3) is 0.182. The van der Waals surface area contributed by atoms with Gasteiger partial charge in [-0.05, 0) is 30.2 Å². The molecule has 4 heterocycles. The van der Waals surface area contributed by atoms with Gasteiger partial charge in [0.2, 0.25) is 0 Å². The van der Waals surface area contributed by atoms with Crippen LogP contribution in [0.2, 0.25) is 0 Å². The molecule has 1 fully saturated rings. The molecule has 2 aromatic carbocycles. The number of aryl methyl sites for hydroxylation is 1. The maximum absolute atomic E-state index is 12.1. The van der Waals surface area contributed by atoms with Crippen LogP contribution in [-0.4, -0.2) is 36.6 Å². The molecule has 1 aliphatic heterocycles. The Bertz CT molecular complexity index is 1810. The lowest BCUT2D eigenvalue weighted by atomic mass is 9.99. The fourth-order valence-corrected chi connectivity index (χ4v) is 5.54. The summed E-state index contributed by atoms with van der Waals surface area (Å²) in [5.74, 6) is -1.51. The molecule has 3 aromatic heterocycles. The number of imide groups is 1. The molecule has 0 bridgehead atoms. The number of hydroxylamine groups is 2. The van der Waals surface area contributed by atoms with E-state index in [1.54, 1.807) is 0 Å². The number of amides is 2. The Morgan fingerprint density at radius 1 is 0.860 bits per heavy atom. The Morgan fingerprint density at radius 2 is 1.56 bits per heavy atom. The molecular formula is C33H28N5O4S+. The predicted molar refractivity (Wildman–Crippen MR) is 163 cm³/mol. The molecule has 0 spiro atoms. The van der Waals surface area contributed by atoms with Gasteiger partial charge in [-0.3, -0.25) is 9.59 Å². The normalized spacial score (nSPS) is 13.3. The van der Waals surface area contributed by atoms with Gasteiger partial charge in [-0.2, -0.15) is 8.75 Å². The van der Waals surface area contributed by atoms with Crippen LogP contribution in [0.5, 0.6) is 0 Å². The van der Waals surface area contributed by atoms with Crippen molar-refractivity contribution in [3.63, 3.8) is 0 Å². The molecule has 6 rings (SSSR count). The Hall–Kier alpha value is -5.09. The second kappa shape index (κ2) is 12.8. The first-order chi connectivity index (χ1) is 21.1. The highest BCUT2D eigenvalue weighted by Gasteiger charge is 2.32. The van der Waals surface area contributed by atoms with E-state index in [9.17, 15) is 14.4 Å². The van der Waals surface area contributed by atoms with Gasteiger partial charge >= 0.3 is 5.97 Å². The van der Waals surface area contributed by atoms with Crippen molar-refractivity contribution in [2.45, 2.75) is 38.6 Å². The highest BCUT2D eigenvalue weighted by atomic mass is 32.1. The molecule has 5 aromatic rings. The third-order valence-electron chi connectivity index (χ3n) is 7.11. The monoisotopic (exact) mass is 590 g/mol. The predicted octanol–water partition coefficient (Wildman–Crippen LogP) is 5.66. The highest BCUT2D eigenvalue weighted by Crippen LogP contribution is 2.36. The summed E-state index contributed by atoms with van der Waals surface area (Å²) in [5.41, 5.74) is 7.14. The van der Waals surface area contributed by atoms with Crippen LogP contribution < -0.4 is 4.57 Å². The maximum atomic E-state index is 12.1. The quantitative estimate of drug-likeness (QED) is 0.117.